The highest BCUT2D eigenvalue weighted by Crippen LogP contribution is 2.33. The van der Waals surface area contributed by atoms with E-state index >= 15 is 0 Å². The predicted octanol–water partition coefficient (Wildman–Crippen LogP) is 5.19. The lowest BCUT2D eigenvalue weighted by molar-refractivity contribution is 0.640. The maximum atomic E-state index is 14.0. The fourth-order valence-electron chi connectivity index (χ4n) is 2.80. The lowest BCUT2D eigenvalue weighted by Crippen LogP contribution is -1.89. The zero-order valence-electron chi connectivity index (χ0n) is 11.3. The lowest BCUT2D eigenvalue weighted by atomic mass is 9.98. The molecule has 0 radical (unpaired) electrons. The molecule has 1 aromatic heterocycles. The van der Waals surface area contributed by atoms with E-state index in [0.717, 1.165) is 27.4 Å². The molecule has 0 aliphatic rings. The molecule has 100 valence electrons. The summed E-state index contributed by atoms with van der Waals surface area (Å²) in [6, 6.07) is 21.0. The fourth-order valence-corrected chi connectivity index (χ4v) is 2.80. The quantitative estimate of drug-likeness (QED) is 0.465. The van der Waals surface area contributed by atoms with Crippen LogP contribution in [0.15, 0.2) is 72.9 Å². The fraction of sp³-hybridized carbons (Fsp3) is 0. The molecule has 0 saturated heterocycles. The van der Waals surface area contributed by atoms with Crippen LogP contribution in [0.4, 0.5) is 4.39 Å². The molecule has 4 rings (SSSR count). The largest absolute Gasteiger partial charge is 0.256 e. The number of pyridine rings is 1. The van der Waals surface area contributed by atoms with Gasteiger partial charge in [-0.2, -0.15) is 0 Å². The molecule has 0 fully saturated rings. The van der Waals surface area contributed by atoms with Crippen molar-refractivity contribution in [3.05, 3.63) is 78.7 Å². The summed E-state index contributed by atoms with van der Waals surface area (Å²) >= 11 is 0. The number of hydrogen-bond acceptors (Lipinski definition) is 1. The maximum absolute atomic E-state index is 14.0. The van der Waals surface area contributed by atoms with Crippen LogP contribution in [0.1, 0.15) is 0 Å². The third-order valence-corrected chi connectivity index (χ3v) is 3.80. The Bertz CT molecular complexity index is 954. The van der Waals surface area contributed by atoms with Crippen LogP contribution < -0.4 is 0 Å². The average molecular weight is 273 g/mol. The highest BCUT2D eigenvalue weighted by molar-refractivity contribution is 6.03. The summed E-state index contributed by atoms with van der Waals surface area (Å²) in [5.74, 6) is -0.199. The molecule has 0 amide bonds. The van der Waals surface area contributed by atoms with Crippen LogP contribution in [0.5, 0.6) is 0 Å². The average Bonchev–Trinajstić information content (AvgIpc) is 2.55. The van der Waals surface area contributed by atoms with Crippen molar-refractivity contribution in [3.63, 3.8) is 0 Å². The molecule has 0 unspecified atom stereocenters. The van der Waals surface area contributed by atoms with Gasteiger partial charge >= 0.3 is 0 Å². The highest BCUT2D eigenvalue weighted by Gasteiger charge is 2.10. The Morgan fingerprint density at radius 1 is 0.667 bits per heavy atom. The minimum Gasteiger partial charge on any atom is -0.256 e. The molecule has 4 aromatic rings. The molecule has 1 heterocycles. The Kier molecular flexibility index (Phi) is 2.68. The lowest BCUT2D eigenvalue weighted by Gasteiger charge is -2.09. The number of aromatic nitrogens is 1. The van der Waals surface area contributed by atoms with Crippen LogP contribution in [0.25, 0.3) is 32.8 Å². The zero-order valence-corrected chi connectivity index (χ0v) is 11.3. The number of fused-ring (bicyclic) bond motifs is 2. The number of nitrogens with zero attached hydrogens (tertiary/aromatic N) is 1. The number of rotatable bonds is 1. The molecule has 0 spiro atoms. The first-order chi connectivity index (χ1) is 10.3. The van der Waals surface area contributed by atoms with Crippen molar-refractivity contribution in [2.45, 2.75) is 0 Å². The van der Waals surface area contributed by atoms with Gasteiger partial charge in [0.25, 0.3) is 0 Å². The summed E-state index contributed by atoms with van der Waals surface area (Å²) in [7, 11) is 0. The normalized spacial score (nSPS) is 11.1. The standard InChI is InChI=1S/C19H12FN/c20-18-10-9-17(15-7-3-4-8-16(15)18)19-14-6-2-1-5-13(14)11-12-21-19/h1-12H. The smallest absolute Gasteiger partial charge is 0.131 e. The molecule has 0 aliphatic heterocycles. The van der Waals surface area contributed by atoms with E-state index in [1.165, 1.54) is 6.07 Å². The van der Waals surface area contributed by atoms with Gasteiger partial charge in [-0.05, 0) is 29.0 Å². The van der Waals surface area contributed by atoms with E-state index in [4.69, 9.17) is 0 Å². The molecule has 0 saturated carbocycles. The van der Waals surface area contributed by atoms with Gasteiger partial charge in [0, 0.05) is 22.5 Å². The Labute approximate surface area is 121 Å². The second-order valence-electron chi connectivity index (χ2n) is 5.02. The molecular formula is C19H12FN. The second-order valence-corrected chi connectivity index (χ2v) is 5.02. The molecule has 0 aliphatic carbocycles. The first-order valence-corrected chi connectivity index (χ1v) is 6.86. The van der Waals surface area contributed by atoms with Gasteiger partial charge in [-0.3, -0.25) is 4.98 Å². The van der Waals surface area contributed by atoms with Gasteiger partial charge in [-0.25, -0.2) is 4.39 Å². The molecule has 3 aromatic carbocycles. The van der Waals surface area contributed by atoms with E-state index in [1.807, 2.05) is 42.5 Å². The topological polar surface area (TPSA) is 12.9 Å². The SMILES string of the molecule is Fc1ccc(-c2nccc3ccccc23)c2ccccc12. The van der Waals surface area contributed by atoms with Gasteiger partial charge in [0.05, 0.1) is 5.69 Å². The van der Waals surface area contributed by atoms with Crippen molar-refractivity contribution in [2.24, 2.45) is 0 Å². The summed E-state index contributed by atoms with van der Waals surface area (Å²) < 4.78 is 14.0. The second kappa shape index (κ2) is 4.67. The van der Waals surface area contributed by atoms with Gasteiger partial charge in [0.15, 0.2) is 0 Å². The van der Waals surface area contributed by atoms with Crippen LogP contribution in [0, 0.1) is 5.82 Å². The summed E-state index contributed by atoms with van der Waals surface area (Å²) in [6.45, 7) is 0. The minimum absolute atomic E-state index is 0.199. The van der Waals surface area contributed by atoms with Crippen LogP contribution in [0.2, 0.25) is 0 Å². The van der Waals surface area contributed by atoms with Crippen LogP contribution in [0.3, 0.4) is 0 Å². The Morgan fingerprint density at radius 2 is 1.38 bits per heavy atom. The molecule has 2 heteroatoms. The third kappa shape index (κ3) is 1.88. The number of hydrogen-bond donors (Lipinski definition) is 0. The van der Waals surface area contributed by atoms with Crippen molar-refractivity contribution in [1.82, 2.24) is 4.98 Å². The van der Waals surface area contributed by atoms with Crippen molar-refractivity contribution >= 4 is 21.5 Å². The molecule has 0 atom stereocenters. The van der Waals surface area contributed by atoms with E-state index in [1.54, 1.807) is 12.3 Å². The minimum atomic E-state index is -0.199. The molecule has 21 heavy (non-hydrogen) atoms. The Hall–Kier alpha value is -2.74. The summed E-state index contributed by atoms with van der Waals surface area (Å²) in [5.41, 5.74) is 1.85. The van der Waals surface area contributed by atoms with E-state index in [2.05, 4.69) is 17.1 Å². The van der Waals surface area contributed by atoms with E-state index in [0.29, 0.717) is 5.39 Å². The summed E-state index contributed by atoms with van der Waals surface area (Å²) in [4.78, 5) is 4.53. The van der Waals surface area contributed by atoms with E-state index in [9.17, 15) is 4.39 Å². The van der Waals surface area contributed by atoms with Crippen LogP contribution >= 0.6 is 0 Å². The van der Waals surface area contributed by atoms with Crippen molar-refractivity contribution in [2.75, 3.05) is 0 Å². The summed E-state index contributed by atoms with van der Waals surface area (Å²) in [5, 5.41) is 3.73. The van der Waals surface area contributed by atoms with Gasteiger partial charge in [-0.1, -0.05) is 48.5 Å². The van der Waals surface area contributed by atoms with Crippen LogP contribution in [-0.2, 0) is 0 Å². The maximum Gasteiger partial charge on any atom is 0.131 e. The molecule has 0 bridgehead atoms. The first kappa shape index (κ1) is 12.0. The van der Waals surface area contributed by atoms with Gasteiger partial charge in [-0.15, -0.1) is 0 Å². The van der Waals surface area contributed by atoms with Gasteiger partial charge in [0.2, 0.25) is 0 Å². The Balaban J connectivity index is 2.13. The zero-order chi connectivity index (χ0) is 14.2. The first-order valence-electron chi connectivity index (χ1n) is 6.86. The molecular weight excluding hydrogens is 261 g/mol. The van der Waals surface area contributed by atoms with E-state index < -0.39 is 0 Å². The van der Waals surface area contributed by atoms with Gasteiger partial charge in [0.1, 0.15) is 5.82 Å². The van der Waals surface area contributed by atoms with Crippen molar-refractivity contribution in [1.29, 1.82) is 0 Å². The van der Waals surface area contributed by atoms with Crippen molar-refractivity contribution < 1.29 is 4.39 Å². The number of benzene rings is 3. The molecule has 1 nitrogen and oxygen atoms in total. The third-order valence-electron chi connectivity index (χ3n) is 3.80. The highest BCUT2D eigenvalue weighted by atomic mass is 19.1. The monoisotopic (exact) mass is 273 g/mol. The van der Waals surface area contributed by atoms with Gasteiger partial charge < -0.3 is 0 Å². The summed E-state index contributed by atoms with van der Waals surface area (Å²) in [6.07, 6.45) is 1.80. The van der Waals surface area contributed by atoms with E-state index in [-0.39, 0.29) is 5.82 Å². The van der Waals surface area contributed by atoms with Crippen LogP contribution in [-0.4, -0.2) is 4.98 Å². The Morgan fingerprint density at radius 3 is 2.24 bits per heavy atom. The van der Waals surface area contributed by atoms with Crippen molar-refractivity contribution in [3.8, 4) is 11.3 Å². The molecule has 0 N–H and O–H groups in total. The number of halogens is 1. The predicted molar refractivity (Wildman–Crippen MR) is 84.6 cm³/mol.